The van der Waals surface area contributed by atoms with Crippen molar-refractivity contribution in [3.8, 4) is 0 Å². The zero-order valence-electron chi connectivity index (χ0n) is 9.86. The smallest absolute Gasteiger partial charge is 0.356 e. The summed E-state index contributed by atoms with van der Waals surface area (Å²) < 4.78 is 76.1. The second-order valence-corrected chi connectivity index (χ2v) is 4.47. The van der Waals surface area contributed by atoms with Gasteiger partial charge in [-0.15, -0.1) is 0 Å². The molecule has 1 aliphatic carbocycles. The molecule has 112 valence electrons. The van der Waals surface area contributed by atoms with Gasteiger partial charge in [0, 0.05) is 0 Å². The molecule has 4 N–H and O–H groups in total. The van der Waals surface area contributed by atoms with E-state index in [0.717, 1.165) is 0 Å². The number of nitrogens with zero attached hydrogens (tertiary/aromatic N) is 1. The number of halogens is 6. The molecular weight excluding hydrogens is 290 g/mol. The van der Waals surface area contributed by atoms with Crippen molar-refractivity contribution in [3.05, 3.63) is 17.7 Å². The van der Waals surface area contributed by atoms with Crippen LogP contribution in [0.1, 0.15) is 18.4 Å². The molecule has 1 saturated carbocycles. The number of pyridine rings is 1. The van der Waals surface area contributed by atoms with Crippen LogP contribution in [0.3, 0.4) is 0 Å². The zero-order valence-corrected chi connectivity index (χ0v) is 9.86. The van der Waals surface area contributed by atoms with Crippen LogP contribution in [0.4, 0.5) is 38.0 Å². The molecular formula is C10H10F6N4. The van der Waals surface area contributed by atoms with Gasteiger partial charge >= 0.3 is 12.4 Å². The van der Waals surface area contributed by atoms with E-state index >= 15 is 0 Å². The van der Waals surface area contributed by atoms with Crippen LogP contribution < -0.4 is 16.6 Å². The highest BCUT2D eigenvalue weighted by Crippen LogP contribution is 2.51. The van der Waals surface area contributed by atoms with Crippen LogP contribution in [-0.4, -0.2) is 16.7 Å². The number of hydrazine groups is 1. The van der Waals surface area contributed by atoms with E-state index in [-0.39, 0.29) is 18.7 Å². The Morgan fingerprint density at radius 2 is 1.60 bits per heavy atom. The van der Waals surface area contributed by atoms with E-state index < -0.39 is 29.3 Å². The highest BCUT2D eigenvalue weighted by atomic mass is 19.4. The van der Waals surface area contributed by atoms with E-state index in [4.69, 9.17) is 5.84 Å². The number of hydrogen-bond acceptors (Lipinski definition) is 4. The predicted molar refractivity (Wildman–Crippen MR) is 58.7 cm³/mol. The lowest BCUT2D eigenvalue weighted by molar-refractivity contribution is -0.151. The van der Waals surface area contributed by atoms with Crippen molar-refractivity contribution < 1.29 is 26.3 Å². The first-order valence-corrected chi connectivity index (χ1v) is 5.48. The molecule has 0 amide bonds. The number of nitrogens with two attached hydrogens (primary N) is 1. The van der Waals surface area contributed by atoms with Crippen molar-refractivity contribution in [1.82, 2.24) is 4.98 Å². The SMILES string of the molecule is NNc1cc(C(F)(F)F)cc(NC2(C(F)(F)F)CC2)n1. The Hall–Kier alpha value is -1.71. The summed E-state index contributed by atoms with van der Waals surface area (Å²) in [5, 5.41) is 2.02. The Labute approximate surface area is 109 Å². The van der Waals surface area contributed by atoms with Crippen LogP contribution in [0.25, 0.3) is 0 Å². The second kappa shape index (κ2) is 4.40. The third kappa shape index (κ3) is 2.74. The maximum absolute atomic E-state index is 12.7. The van der Waals surface area contributed by atoms with Crippen molar-refractivity contribution >= 4 is 11.6 Å². The van der Waals surface area contributed by atoms with E-state index in [1.807, 2.05) is 10.7 Å². The van der Waals surface area contributed by atoms with Crippen LogP contribution in [0, 0.1) is 0 Å². The highest BCUT2D eigenvalue weighted by molar-refractivity contribution is 5.51. The van der Waals surface area contributed by atoms with Crippen LogP contribution in [0.15, 0.2) is 12.1 Å². The van der Waals surface area contributed by atoms with Crippen molar-refractivity contribution in [2.45, 2.75) is 30.7 Å². The largest absolute Gasteiger partial charge is 0.416 e. The summed E-state index contributed by atoms with van der Waals surface area (Å²) in [6, 6.07) is 1.13. The summed E-state index contributed by atoms with van der Waals surface area (Å²) in [4.78, 5) is 3.56. The molecule has 0 aromatic carbocycles. The summed E-state index contributed by atoms with van der Waals surface area (Å²) >= 11 is 0. The number of rotatable bonds is 3. The summed E-state index contributed by atoms with van der Waals surface area (Å²) in [6.07, 6.45) is -9.68. The molecule has 20 heavy (non-hydrogen) atoms. The predicted octanol–water partition coefficient (Wildman–Crippen LogP) is 2.89. The molecule has 0 radical (unpaired) electrons. The Kier molecular flexibility index (Phi) is 3.23. The molecule has 1 aliphatic rings. The van der Waals surface area contributed by atoms with Crippen LogP contribution in [0.5, 0.6) is 0 Å². The molecule has 10 heteroatoms. The van der Waals surface area contributed by atoms with Crippen molar-refractivity contribution in [2.75, 3.05) is 10.7 Å². The van der Waals surface area contributed by atoms with Crippen molar-refractivity contribution in [2.24, 2.45) is 5.84 Å². The number of nitrogen functional groups attached to an aromatic ring is 1. The van der Waals surface area contributed by atoms with Crippen LogP contribution in [0.2, 0.25) is 0 Å². The number of aromatic nitrogens is 1. The van der Waals surface area contributed by atoms with Gasteiger partial charge in [-0.05, 0) is 25.0 Å². The summed E-state index contributed by atoms with van der Waals surface area (Å²) in [5.41, 5.74) is -1.44. The molecule has 0 saturated heterocycles. The van der Waals surface area contributed by atoms with Crippen molar-refractivity contribution in [1.29, 1.82) is 0 Å². The fourth-order valence-corrected chi connectivity index (χ4v) is 1.68. The Morgan fingerprint density at radius 1 is 1.05 bits per heavy atom. The minimum atomic E-state index is -4.71. The average molecular weight is 300 g/mol. The lowest BCUT2D eigenvalue weighted by Gasteiger charge is -2.22. The maximum atomic E-state index is 12.7. The topological polar surface area (TPSA) is 63.0 Å². The molecule has 0 unspecified atom stereocenters. The Balaban J connectivity index is 2.33. The van der Waals surface area contributed by atoms with Gasteiger partial charge in [0.15, 0.2) is 0 Å². The minimum Gasteiger partial charge on any atom is -0.356 e. The van der Waals surface area contributed by atoms with Crippen molar-refractivity contribution in [3.63, 3.8) is 0 Å². The van der Waals surface area contributed by atoms with E-state index in [1.54, 1.807) is 0 Å². The number of anilines is 2. The second-order valence-electron chi connectivity index (χ2n) is 4.47. The monoisotopic (exact) mass is 300 g/mol. The molecule has 0 aliphatic heterocycles. The minimum absolute atomic E-state index is 0.209. The Morgan fingerprint density at radius 3 is 2.00 bits per heavy atom. The van der Waals surface area contributed by atoms with Gasteiger partial charge in [0.1, 0.15) is 17.2 Å². The molecule has 1 aromatic rings. The van der Waals surface area contributed by atoms with Gasteiger partial charge in [-0.3, -0.25) is 0 Å². The molecule has 2 rings (SSSR count). The molecule has 1 heterocycles. The van der Waals surface area contributed by atoms with E-state index in [1.165, 1.54) is 0 Å². The van der Waals surface area contributed by atoms with Gasteiger partial charge in [0.2, 0.25) is 0 Å². The number of alkyl halides is 6. The standard InChI is InChI=1S/C10H10F6N4/c11-9(12,13)5-3-6(18-7(4-5)20-17)19-8(1-2-8)10(14,15)16/h3-4H,1-2,17H2,(H2,18,19,20). The van der Waals surface area contributed by atoms with Gasteiger partial charge in [-0.2, -0.15) is 26.3 Å². The van der Waals surface area contributed by atoms with Gasteiger partial charge in [0.25, 0.3) is 0 Å². The molecule has 0 spiro atoms. The quantitative estimate of drug-likeness (QED) is 0.456. The lowest BCUT2D eigenvalue weighted by atomic mass is 10.2. The van der Waals surface area contributed by atoms with E-state index in [9.17, 15) is 26.3 Å². The molecule has 0 atom stereocenters. The van der Waals surface area contributed by atoms with Crippen LogP contribution in [-0.2, 0) is 6.18 Å². The summed E-state index contributed by atoms with van der Waals surface area (Å²) in [5.74, 6) is 4.07. The van der Waals surface area contributed by atoms with Gasteiger partial charge in [-0.25, -0.2) is 10.8 Å². The van der Waals surface area contributed by atoms with Gasteiger partial charge in [-0.1, -0.05) is 0 Å². The molecule has 4 nitrogen and oxygen atoms in total. The summed E-state index contributed by atoms with van der Waals surface area (Å²) in [7, 11) is 0. The normalized spacial score (nSPS) is 17.8. The van der Waals surface area contributed by atoms with Crippen LogP contribution >= 0.6 is 0 Å². The highest BCUT2D eigenvalue weighted by Gasteiger charge is 2.63. The third-order valence-corrected chi connectivity index (χ3v) is 2.96. The zero-order chi connectivity index (χ0) is 15.2. The third-order valence-electron chi connectivity index (χ3n) is 2.96. The maximum Gasteiger partial charge on any atom is 0.416 e. The molecule has 1 fully saturated rings. The Bertz CT molecular complexity index is 505. The summed E-state index contributed by atoms with van der Waals surface area (Å²) in [6.45, 7) is 0. The number of nitrogens with one attached hydrogen (secondary N) is 2. The molecule has 1 aromatic heterocycles. The van der Waals surface area contributed by atoms with E-state index in [0.29, 0.717) is 12.1 Å². The average Bonchev–Trinajstić information content (AvgIpc) is 3.07. The first kappa shape index (κ1) is 14.7. The lowest BCUT2D eigenvalue weighted by Crippen LogP contribution is -2.39. The first-order valence-electron chi connectivity index (χ1n) is 5.48. The van der Waals surface area contributed by atoms with Gasteiger partial charge in [0.05, 0.1) is 5.56 Å². The first-order chi connectivity index (χ1) is 9.07. The van der Waals surface area contributed by atoms with E-state index in [2.05, 4.69) is 4.98 Å². The number of hydrogen-bond donors (Lipinski definition) is 3. The molecule has 0 bridgehead atoms. The fourth-order valence-electron chi connectivity index (χ4n) is 1.68. The fraction of sp³-hybridized carbons (Fsp3) is 0.500. The van der Waals surface area contributed by atoms with Gasteiger partial charge < -0.3 is 10.7 Å².